The molecule has 2 N–H and O–H groups in total. The van der Waals surface area contributed by atoms with Gasteiger partial charge >= 0.3 is 7.12 Å². The monoisotopic (exact) mass is 258 g/mol. The average molecular weight is 258 g/mol. The highest BCUT2D eigenvalue weighted by Crippen LogP contribution is 2.23. The molecule has 5 heteroatoms. The van der Waals surface area contributed by atoms with Gasteiger partial charge in [0.15, 0.2) is 0 Å². The van der Waals surface area contributed by atoms with Gasteiger partial charge < -0.3 is 19.5 Å². The van der Waals surface area contributed by atoms with Crippen LogP contribution in [0.1, 0.15) is 0 Å². The normalized spacial score (nSPS) is 10.1. The van der Waals surface area contributed by atoms with E-state index < -0.39 is 7.12 Å². The number of hydrogen-bond acceptors (Lipinski definition) is 4. The van der Waals surface area contributed by atoms with Gasteiger partial charge in [-0.25, -0.2) is 0 Å². The Bertz CT molecular complexity index is 552. The number of methoxy groups -OCH3 is 2. The molecule has 2 aromatic carbocycles. The van der Waals surface area contributed by atoms with Crippen molar-refractivity contribution in [3.63, 3.8) is 0 Å². The Morgan fingerprint density at radius 2 is 1.47 bits per heavy atom. The number of ether oxygens (including phenoxy) is 2. The lowest BCUT2D eigenvalue weighted by Gasteiger charge is -2.10. The predicted molar refractivity (Wildman–Crippen MR) is 74.8 cm³/mol. The van der Waals surface area contributed by atoms with E-state index in [4.69, 9.17) is 9.47 Å². The Kier molecular flexibility index (Phi) is 4.09. The zero-order valence-electron chi connectivity index (χ0n) is 10.8. The zero-order chi connectivity index (χ0) is 13.8. The molecule has 0 unspecified atom stereocenters. The molecule has 0 radical (unpaired) electrons. The molecule has 0 heterocycles. The number of hydrogen-bond donors (Lipinski definition) is 2. The van der Waals surface area contributed by atoms with Gasteiger partial charge in [0.25, 0.3) is 0 Å². The third-order valence-electron chi connectivity index (χ3n) is 2.93. The lowest BCUT2D eigenvalue weighted by Crippen LogP contribution is -2.31. The second-order valence-corrected chi connectivity index (χ2v) is 4.06. The van der Waals surface area contributed by atoms with Gasteiger partial charge in [0.2, 0.25) is 0 Å². The fraction of sp³-hybridized carbons (Fsp3) is 0.143. The summed E-state index contributed by atoms with van der Waals surface area (Å²) in [6.07, 6.45) is 0. The molecule has 2 aromatic rings. The van der Waals surface area contributed by atoms with E-state index in [1.165, 1.54) is 7.11 Å². The molecule has 0 saturated carbocycles. The summed E-state index contributed by atoms with van der Waals surface area (Å²) in [6.45, 7) is 0. The van der Waals surface area contributed by atoms with Crippen LogP contribution in [0.15, 0.2) is 42.5 Å². The topological polar surface area (TPSA) is 58.9 Å². The minimum absolute atomic E-state index is 0.343. The molecule has 0 atom stereocenters. The summed E-state index contributed by atoms with van der Waals surface area (Å²) in [4.78, 5) is 0. The van der Waals surface area contributed by atoms with E-state index in [-0.39, 0.29) is 0 Å². The van der Waals surface area contributed by atoms with E-state index in [1.807, 2.05) is 30.3 Å². The Balaban J connectivity index is 2.41. The maximum absolute atomic E-state index is 9.34. The van der Waals surface area contributed by atoms with Crippen LogP contribution >= 0.6 is 0 Å². The minimum atomic E-state index is -1.56. The quantitative estimate of drug-likeness (QED) is 0.805. The molecule has 2 rings (SSSR count). The van der Waals surface area contributed by atoms with E-state index in [0.29, 0.717) is 11.2 Å². The van der Waals surface area contributed by atoms with Crippen LogP contribution in [0.25, 0.3) is 11.1 Å². The minimum Gasteiger partial charge on any atom is -0.497 e. The van der Waals surface area contributed by atoms with Gasteiger partial charge in [0.1, 0.15) is 11.5 Å². The molecule has 19 heavy (non-hydrogen) atoms. The number of benzene rings is 2. The van der Waals surface area contributed by atoms with Crippen molar-refractivity contribution in [2.24, 2.45) is 0 Å². The summed E-state index contributed by atoms with van der Waals surface area (Å²) < 4.78 is 10.2. The molecule has 0 amide bonds. The Hall–Kier alpha value is -1.98. The molecule has 4 nitrogen and oxygen atoms in total. The molecule has 0 fully saturated rings. The highest BCUT2D eigenvalue weighted by atomic mass is 16.5. The van der Waals surface area contributed by atoms with Crippen molar-refractivity contribution >= 4 is 12.6 Å². The Morgan fingerprint density at radius 3 is 2.00 bits per heavy atom. The van der Waals surface area contributed by atoms with Gasteiger partial charge in [-0.05, 0) is 29.3 Å². The third-order valence-corrected chi connectivity index (χ3v) is 2.93. The Morgan fingerprint density at radius 1 is 0.842 bits per heavy atom. The van der Waals surface area contributed by atoms with Crippen LogP contribution in [0.4, 0.5) is 0 Å². The lowest BCUT2D eigenvalue weighted by molar-refractivity contribution is 0.403. The van der Waals surface area contributed by atoms with Crippen molar-refractivity contribution in [2.75, 3.05) is 14.2 Å². The van der Waals surface area contributed by atoms with E-state index in [0.717, 1.165) is 16.9 Å². The van der Waals surface area contributed by atoms with Gasteiger partial charge in [-0.3, -0.25) is 0 Å². The molecule has 0 bridgehead atoms. The molecular weight excluding hydrogens is 243 g/mol. The van der Waals surface area contributed by atoms with Crippen LogP contribution in [-0.4, -0.2) is 31.4 Å². The van der Waals surface area contributed by atoms with Crippen molar-refractivity contribution in [3.8, 4) is 22.6 Å². The molecule has 0 aliphatic rings. The van der Waals surface area contributed by atoms with Crippen LogP contribution in [0.3, 0.4) is 0 Å². The largest absolute Gasteiger partial charge is 0.497 e. The lowest BCUT2D eigenvalue weighted by atomic mass is 9.78. The predicted octanol–water partition coefficient (Wildman–Crippen LogP) is 1.05. The summed E-state index contributed by atoms with van der Waals surface area (Å²) in [5.41, 5.74) is 2.19. The summed E-state index contributed by atoms with van der Waals surface area (Å²) in [5, 5.41) is 18.7. The number of rotatable bonds is 4. The van der Waals surface area contributed by atoms with Gasteiger partial charge in [-0.1, -0.05) is 24.3 Å². The van der Waals surface area contributed by atoms with Crippen LogP contribution in [-0.2, 0) is 0 Å². The summed E-state index contributed by atoms with van der Waals surface area (Å²) >= 11 is 0. The van der Waals surface area contributed by atoms with E-state index in [2.05, 4.69) is 0 Å². The SMILES string of the molecule is COc1ccc(-c2ccc(OC)c(B(O)O)c2)cc1. The summed E-state index contributed by atoms with van der Waals surface area (Å²) in [5.74, 6) is 1.23. The molecule has 98 valence electrons. The first-order chi connectivity index (χ1) is 9.15. The van der Waals surface area contributed by atoms with E-state index in [1.54, 1.807) is 19.2 Å². The molecule has 0 aliphatic heterocycles. The second-order valence-electron chi connectivity index (χ2n) is 4.06. The van der Waals surface area contributed by atoms with Crippen molar-refractivity contribution in [1.29, 1.82) is 0 Å². The van der Waals surface area contributed by atoms with Gasteiger partial charge in [0, 0.05) is 5.46 Å². The highest BCUT2D eigenvalue weighted by molar-refractivity contribution is 6.59. The van der Waals surface area contributed by atoms with Crippen LogP contribution in [0, 0.1) is 0 Å². The van der Waals surface area contributed by atoms with Gasteiger partial charge in [0.05, 0.1) is 14.2 Å². The van der Waals surface area contributed by atoms with Crippen molar-refractivity contribution in [1.82, 2.24) is 0 Å². The Labute approximate surface area is 112 Å². The van der Waals surface area contributed by atoms with Crippen molar-refractivity contribution in [2.45, 2.75) is 0 Å². The molecule has 0 spiro atoms. The zero-order valence-corrected chi connectivity index (χ0v) is 10.8. The molecule has 0 saturated heterocycles. The first kappa shape index (κ1) is 13.5. The second kappa shape index (κ2) is 5.78. The van der Waals surface area contributed by atoms with Crippen molar-refractivity contribution < 1.29 is 19.5 Å². The summed E-state index contributed by atoms with van der Waals surface area (Å²) in [7, 11) is 1.55. The summed E-state index contributed by atoms with van der Waals surface area (Å²) in [6, 6.07) is 12.8. The van der Waals surface area contributed by atoms with Gasteiger partial charge in [-0.15, -0.1) is 0 Å². The molecule has 0 aromatic heterocycles. The smallest absolute Gasteiger partial charge is 0.492 e. The highest BCUT2D eigenvalue weighted by Gasteiger charge is 2.17. The van der Waals surface area contributed by atoms with Crippen LogP contribution in [0.2, 0.25) is 0 Å². The molecule has 0 aliphatic carbocycles. The van der Waals surface area contributed by atoms with E-state index in [9.17, 15) is 10.0 Å². The maximum atomic E-state index is 9.34. The van der Waals surface area contributed by atoms with Gasteiger partial charge in [-0.2, -0.15) is 0 Å². The fourth-order valence-corrected chi connectivity index (χ4v) is 1.90. The third kappa shape index (κ3) is 2.89. The first-order valence-corrected chi connectivity index (χ1v) is 5.84. The maximum Gasteiger partial charge on any atom is 0.492 e. The fourth-order valence-electron chi connectivity index (χ4n) is 1.90. The molecular formula is C14H15BO4. The van der Waals surface area contributed by atoms with Crippen LogP contribution in [0.5, 0.6) is 11.5 Å². The van der Waals surface area contributed by atoms with E-state index >= 15 is 0 Å². The van der Waals surface area contributed by atoms with Crippen LogP contribution < -0.4 is 14.9 Å². The first-order valence-electron chi connectivity index (χ1n) is 5.84. The average Bonchev–Trinajstić information content (AvgIpc) is 2.46. The standard InChI is InChI=1S/C14H15BO4/c1-18-12-6-3-10(4-7-12)11-5-8-14(19-2)13(9-11)15(16)17/h3-9,16-17H,1-2H3. The van der Waals surface area contributed by atoms with Crippen molar-refractivity contribution in [3.05, 3.63) is 42.5 Å².